The van der Waals surface area contributed by atoms with Crippen molar-refractivity contribution in [1.82, 2.24) is 15.5 Å². The van der Waals surface area contributed by atoms with Crippen molar-refractivity contribution in [2.75, 3.05) is 20.2 Å². The van der Waals surface area contributed by atoms with E-state index in [1.807, 2.05) is 13.0 Å². The van der Waals surface area contributed by atoms with Gasteiger partial charge in [0.1, 0.15) is 23.7 Å². The number of hydrogen-bond acceptors (Lipinski definition) is 6. The van der Waals surface area contributed by atoms with Crippen LogP contribution in [0.15, 0.2) is 25.8 Å². The number of ether oxygens (including phenoxy) is 2. The third kappa shape index (κ3) is 11.8. The van der Waals surface area contributed by atoms with Crippen LogP contribution in [0.5, 0.6) is 0 Å². The smallest absolute Gasteiger partial charge is 0.408 e. The van der Waals surface area contributed by atoms with Gasteiger partial charge < -0.3 is 25.0 Å². The van der Waals surface area contributed by atoms with Crippen molar-refractivity contribution < 1.29 is 31.5 Å². The Hall–Kier alpha value is -2.84. The van der Waals surface area contributed by atoms with Crippen LogP contribution in [0.4, 0.5) is 4.79 Å². The summed E-state index contributed by atoms with van der Waals surface area (Å²) >= 11 is 0. The fourth-order valence-electron chi connectivity index (χ4n) is 4.02. The van der Waals surface area contributed by atoms with Gasteiger partial charge in [-0.1, -0.05) is 32.8 Å². The molecule has 0 bridgehead atoms. The van der Waals surface area contributed by atoms with Crippen molar-refractivity contribution in [3.05, 3.63) is 25.8 Å². The van der Waals surface area contributed by atoms with E-state index in [4.69, 9.17) is 9.47 Å². The van der Waals surface area contributed by atoms with Gasteiger partial charge in [-0.2, -0.15) is 0 Å². The first-order chi connectivity index (χ1) is 17.4. The van der Waals surface area contributed by atoms with Gasteiger partial charge in [-0.25, -0.2) is 9.59 Å². The monoisotopic (exact) mass is 527 g/mol. The van der Waals surface area contributed by atoms with Crippen LogP contribution in [-0.4, -0.2) is 66.2 Å². The summed E-state index contributed by atoms with van der Waals surface area (Å²) in [6.07, 6.45) is 9.09. The van der Waals surface area contributed by atoms with Crippen LogP contribution in [0.3, 0.4) is 0 Å². The lowest BCUT2D eigenvalue weighted by atomic mass is 10.0. The summed E-state index contributed by atoms with van der Waals surface area (Å²) in [5.41, 5.74) is -1.66. The number of unbranched alkanes of at least 4 members (excludes halogenated alkanes) is 3. The molecule has 37 heavy (non-hydrogen) atoms. The van der Waals surface area contributed by atoms with Crippen molar-refractivity contribution in [2.24, 2.45) is 5.92 Å². The average Bonchev–Trinajstić information content (AvgIpc) is 3.52. The van der Waals surface area contributed by atoms with E-state index in [0.29, 0.717) is 19.4 Å². The molecule has 9 heteroatoms. The molecule has 0 aromatic carbocycles. The summed E-state index contributed by atoms with van der Waals surface area (Å²) in [6.45, 7) is 19.1. The van der Waals surface area contributed by atoms with E-state index in [1.165, 1.54) is 37.7 Å². The molecule has 2 fully saturated rings. The first kappa shape index (κ1) is 34.2. The Labute approximate surface area is 226 Å². The zero-order chi connectivity index (χ0) is 28.6. The maximum Gasteiger partial charge on any atom is 0.408 e. The Morgan fingerprint density at radius 2 is 1.78 bits per heavy atom. The van der Waals surface area contributed by atoms with Gasteiger partial charge in [0.05, 0.1) is 7.11 Å². The van der Waals surface area contributed by atoms with E-state index in [0.717, 1.165) is 12.8 Å². The number of esters is 1. The Bertz CT molecular complexity index is 775. The van der Waals surface area contributed by atoms with Gasteiger partial charge in [-0.05, 0) is 65.2 Å². The Balaban J connectivity index is -0.00000103. The van der Waals surface area contributed by atoms with Gasteiger partial charge in [0.2, 0.25) is 11.8 Å². The number of carbonyl (C=O) groups excluding carboxylic acids is 4. The van der Waals surface area contributed by atoms with Crippen molar-refractivity contribution in [2.45, 2.75) is 103 Å². The number of likely N-dealkylation sites (tertiary alicyclic amines) is 1. The van der Waals surface area contributed by atoms with Gasteiger partial charge in [-0.3, -0.25) is 9.59 Å². The lowest BCUT2D eigenvalue weighted by Gasteiger charge is -2.35. The van der Waals surface area contributed by atoms with Crippen LogP contribution in [0.1, 0.15) is 88.8 Å². The van der Waals surface area contributed by atoms with Gasteiger partial charge >= 0.3 is 12.1 Å². The number of methoxy groups -OCH3 is 1. The van der Waals surface area contributed by atoms with Gasteiger partial charge in [-0.15, -0.1) is 19.7 Å². The lowest BCUT2D eigenvalue weighted by molar-refractivity contribution is -0.149. The average molecular weight is 528 g/mol. The van der Waals surface area contributed by atoms with Crippen LogP contribution >= 0.6 is 0 Å². The maximum absolute atomic E-state index is 12.8. The van der Waals surface area contributed by atoms with E-state index in [9.17, 15) is 19.2 Å². The number of allylic oxidation sites excluding steroid dienone is 1. The quantitative estimate of drug-likeness (QED) is 0.248. The summed E-state index contributed by atoms with van der Waals surface area (Å²) in [6, 6.07) is -0.670. The van der Waals surface area contributed by atoms with E-state index in [1.54, 1.807) is 20.8 Å². The molecular formula is C28H53N3O6. The van der Waals surface area contributed by atoms with E-state index >= 15 is 0 Å². The third-order valence-corrected chi connectivity index (χ3v) is 6.13. The van der Waals surface area contributed by atoms with Crippen molar-refractivity contribution in [3.8, 4) is 0 Å². The molecule has 3 unspecified atom stereocenters. The summed E-state index contributed by atoms with van der Waals surface area (Å²) in [5, 5.41) is 5.23. The minimum atomic E-state index is -0.993. The van der Waals surface area contributed by atoms with Crippen LogP contribution in [0, 0.1) is 5.92 Å². The second-order valence-electron chi connectivity index (χ2n) is 10.3. The molecule has 0 aromatic heterocycles. The third-order valence-electron chi connectivity index (χ3n) is 6.13. The predicted molar refractivity (Wildman–Crippen MR) is 150 cm³/mol. The molecule has 1 saturated heterocycles. The number of amides is 3. The summed E-state index contributed by atoms with van der Waals surface area (Å²) in [7, 11) is 1.29. The number of nitrogens with one attached hydrogen (secondary N) is 2. The highest BCUT2D eigenvalue weighted by atomic mass is 16.6. The number of rotatable bonds is 9. The zero-order valence-corrected chi connectivity index (χ0v) is 23.8. The summed E-state index contributed by atoms with van der Waals surface area (Å²) in [5.74, 6) is -1.19. The molecule has 1 saturated carbocycles. The maximum atomic E-state index is 12.8. The van der Waals surface area contributed by atoms with Gasteiger partial charge in [0, 0.05) is 9.40 Å². The molecule has 0 spiro atoms. The largest absolute Gasteiger partial charge is 0.467 e. The molecule has 0 aromatic rings. The number of hydrogen-bond donors (Lipinski definition) is 2. The highest BCUT2D eigenvalue weighted by Gasteiger charge is 2.60. The normalized spacial score (nSPS) is 22.1. The SMILES string of the molecule is C=C.C=CCCCCC.COC(=O)C1(NC(=O)C2CCCCN2C(=O)CNC(=O)OC(C)(C)C)CC1C.[HH].[HH]. The minimum Gasteiger partial charge on any atom is -0.467 e. The highest BCUT2D eigenvalue weighted by molar-refractivity contribution is 5.95. The number of nitrogens with zero attached hydrogens (tertiary/aromatic N) is 1. The molecule has 2 N–H and O–H groups in total. The predicted octanol–water partition coefficient (Wildman–Crippen LogP) is 5.01. The molecule has 1 heterocycles. The molecule has 9 nitrogen and oxygen atoms in total. The second kappa shape index (κ2) is 16.8. The molecule has 3 amide bonds. The molecule has 216 valence electrons. The van der Waals surface area contributed by atoms with Crippen molar-refractivity contribution in [3.63, 3.8) is 0 Å². The van der Waals surface area contributed by atoms with Crippen LogP contribution in [-0.2, 0) is 23.9 Å². The van der Waals surface area contributed by atoms with Crippen LogP contribution < -0.4 is 10.6 Å². The summed E-state index contributed by atoms with van der Waals surface area (Å²) < 4.78 is 9.94. The van der Waals surface area contributed by atoms with E-state index in [-0.39, 0.29) is 27.1 Å². The molecule has 2 rings (SSSR count). The fraction of sp³-hybridized carbons (Fsp3) is 0.714. The number of piperidine rings is 1. The lowest BCUT2D eigenvalue weighted by Crippen LogP contribution is -2.57. The molecule has 1 aliphatic carbocycles. The van der Waals surface area contributed by atoms with Crippen molar-refractivity contribution in [1.29, 1.82) is 0 Å². The molecular weight excluding hydrogens is 474 g/mol. The first-order valence-electron chi connectivity index (χ1n) is 13.2. The minimum absolute atomic E-state index is 0. The van der Waals surface area contributed by atoms with E-state index in [2.05, 4.69) is 37.3 Å². The topological polar surface area (TPSA) is 114 Å². The van der Waals surface area contributed by atoms with Crippen molar-refractivity contribution >= 4 is 23.9 Å². The Morgan fingerprint density at radius 3 is 2.27 bits per heavy atom. The fourth-order valence-corrected chi connectivity index (χ4v) is 4.02. The molecule has 2 aliphatic rings. The van der Waals surface area contributed by atoms with E-state index < -0.39 is 29.2 Å². The summed E-state index contributed by atoms with van der Waals surface area (Å²) in [4.78, 5) is 50.7. The molecule has 3 atom stereocenters. The molecule has 1 aliphatic heterocycles. The second-order valence-corrected chi connectivity index (χ2v) is 10.3. The standard InChI is InChI=1S/C19H31N3O6.C7H14.C2H4.2H2/c1-12-10-19(12,16(25)27-5)21-15(24)13-8-6-7-9-22(13)14(23)11-20-17(26)28-18(2,3)4;1-3-5-7-6-4-2;1-2;;/h12-13H,6-11H2,1-5H3,(H,20,26)(H,21,24);3H,1,4-7H2,2H3;1-2H2;2*1H. The molecule has 0 radical (unpaired) electrons. The van der Waals surface area contributed by atoms with Gasteiger partial charge in [0.15, 0.2) is 0 Å². The Kier molecular flexibility index (Phi) is 15.5. The number of carbonyl (C=O) groups is 4. The zero-order valence-electron chi connectivity index (χ0n) is 23.8. The van der Waals surface area contributed by atoms with Gasteiger partial charge in [0.25, 0.3) is 0 Å². The first-order valence-corrected chi connectivity index (χ1v) is 13.2. The Morgan fingerprint density at radius 1 is 1.16 bits per heavy atom. The van der Waals surface area contributed by atoms with Crippen LogP contribution in [0.25, 0.3) is 0 Å². The number of alkyl carbamates (subject to hydrolysis) is 1. The van der Waals surface area contributed by atoms with Crippen LogP contribution in [0.2, 0.25) is 0 Å². The highest BCUT2D eigenvalue weighted by Crippen LogP contribution is 2.44.